The van der Waals surface area contributed by atoms with Crippen LogP contribution >= 0.6 is 0 Å². The van der Waals surface area contributed by atoms with Crippen molar-refractivity contribution in [1.82, 2.24) is 0 Å². The van der Waals surface area contributed by atoms with Crippen molar-refractivity contribution in [2.45, 2.75) is 0 Å². The van der Waals surface area contributed by atoms with Crippen LogP contribution in [0.3, 0.4) is 0 Å². The number of hydrogen-bond donors (Lipinski definition) is 1. The summed E-state index contributed by atoms with van der Waals surface area (Å²) in [6.07, 6.45) is 0. The first-order valence-corrected chi connectivity index (χ1v) is 4.19. The molecule has 0 amide bonds. The number of nitrogens with zero attached hydrogens (tertiary/aromatic N) is 1. The molecule has 14 heavy (non-hydrogen) atoms. The lowest BCUT2D eigenvalue weighted by molar-refractivity contribution is -0.893. The molecular formula is C10H15BrN2O. The van der Waals surface area contributed by atoms with Crippen molar-refractivity contribution in [2.75, 3.05) is 20.6 Å². The molecule has 0 saturated carbocycles. The van der Waals surface area contributed by atoms with Gasteiger partial charge < -0.3 is 17.0 Å². The maximum atomic E-state index is 11.6. The van der Waals surface area contributed by atoms with Crippen LogP contribution in [0.5, 0.6) is 0 Å². The maximum absolute atomic E-state index is 11.6. The first kappa shape index (κ1) is 13.3. The lowest BCUT2D eigenvalue weighted by Crippen LogP contribution is -3.00. The lowest BCUT2D eigenvalue weighted by atomic mass is 10.1. The Hall–Kier alpha value is -0.710. The zero-order valence-corrected chi connectivity index (χ0v) is 9.99. The Bertz CT molecular complexity index is 293. The highest BCUT2D eigenvalue weighted by atomic mass is 79.9. The molecule has 0 heterocycles. The summed E-state index contributed by atoms with van der Waals surface area (Å²) < 4.78 is 0.174. The average Bonchev–Trinajstić information content (AvgIpc) is 2.03. The third kappa shape index (κ3) is 4.50. The molecule has 0 bridgehead atoms. The molecule has 0 saturated heterocycles. The quantitative estimate of drug-likeness (QED) is 0.290. The van der Waals surface area contributed by atoms with Crippen LogP contribution in [0.15, 0.2) is 30.3 Å². The van der Waals surface area contributed by atoms with Crippen molar-refractivity contribution in [1.29, 1.82) is 0 Å². The predicted molar refractivity (Wildman–Crippen MR) is 51.9 cm³/mol. The molecule has 0 aliphatic rings. The van der Waals surface area contributed by atoms with Crippen LogP contribution in [0.4, 0.5) is 0 Å². The number of benzene rings is 1. The van der Waals surface area contributed by atoms with Gasteiger partial charge in [-0.05, 0) is 0 Å². The van der Waals surface area contributed by atoms with Gasteiger partial charge in [0.05, 0.1) is 14.1 Å². The number of hydrogen-bond acceptors (Lipinski definition) is 2. The number of halogens is 1. The first-order chi connectivity index (χ1) is 5.99. The summed E-state index contributed by atoms with van der Waals surface area (Å²) in [4.78, 5) is 11.6. The molecule has 0 fully saturated rings. The molecule has 4 heteroatoms. The topological polar surface area (TPSA) is 43.1 Å². The van der Waals surface area contributed by atoms with Gasteiger partial charge in [0, 0.05) is 5.56 Å². The molecule has 1 aromatic carbocycles. The maximum Gasteiger partial charge on any atom is 0.218 e. The Morgan fingerprint density at radius 3 is 2.21 bits per heavy atom. The molecule has 3 nitrogen and oxygen atoms in total. The van der Waals surface area contributed by atoms with Gasteiger partial charge in [-0.3, -0.25) is 4.79 Å². The minimum Gasteiger partial charge on any atom is -1.00 e. The fourth-order valence-corrected chi connectivity index (χ4v) is 1.09. The first-order valence-electron chi connectivity index (χ1n) is 4.19. The van der Waals surface area contributed by atoms with Crippen LogP contribution in [0, 0.1) is 0 Å². The van der Waals surface area contributed by atoms with E-state index < -0.39 is 0 Å². The Labute approximate surface area is 94.8 Å². The number of nitrogens with two attached hydrogens (primary N) is 1. The SMILES string of the molecule is C[N+](C)(N)CC(=O)c1ccccc1.[Br-]. The molecular weight excluding hydrogens is 244 g/mol. The van der Waals surface area contributed by atoms with E-state index in [1.165, 1.54) is 0 Å². The van der Waals surface area contributed by atoms with Gasteiger partial charge in [0.25, 0.3) is 0 Å². The second-order valence-electron chi connectivity index (χ2n) is 3.73. The van der Waals surface area contributed by atoms with E-state index in [0.717, 1.165) is 5.56 Å². The van der Waals surface area contributed by atoms with E-state index in [4.69, 9.17) is 5.84 Å². The van der Waals surface area contributed by atoms with Crippen molar-refractivity contribution in [2.24, 2.45) is 5.84 Å². The summed E-state index contributed by atoms with van der Waals surface area (Å²) >= 11 is 0. The van der Waals surface area contributed by atoms with E-state index in [9.17, 15) is 4.79 Å². The van der Waals surface area contributed by atoms with Crippen LogP contribution in [0.1, 0.15) is 10.4 Å². The van der Waals surface area contributed by atoms with Crippen LogP contribution < -0.4 is 22.8 Å². The van der Waals surface area contributed by atoms with E-state index in [1.807, 2.05) is 18.2 Å². The highest BCUT2D eigenvalue weighted by Crippen LogP contribution is 2.01. The Morgan fingerprint density at radius 2 is 1.79 bits per heavy atom. The van der Waals surface area contributed by atoms with Crippen molar-refractivity contribution >= 4 is 5.78 Å². The number of ketones is 1. The molecule has 0 aromatic heterocycles. The molecule has 0 spiro atoms. The molecule has 0 atom stereocenters. The van der Waals surface area contributed by atoms with Crippen LogP contribution in [-0.4, -0.2) is 31.0 Å². The van der Waals surface area contributed by atoms with Crippen molar-refractivity contribution < 1.29 is 26.4 Å². The zero-order chi connectivity index (χ0) is 9.90. The Balaban J connectivity index is 0.00000169. The Morgan fingerprint density at radius 1 is 1.29 bits per heavy atom. The number of Topliss-reactive ketones (excluding diaryl/α,β-unsaturated/α-hetero) is 1. The molecule has 78 valence electrons. The number of quaternary nitrogens is 1. The Kier molecular flexibility index (Phi) is 4.97. The van der Waals surface area contributed by atoms with Crippen LogP contribution in [-0.2, 0) is 0 Å². The molecule has 0 aliphatic carbocycles. The molecule has 0 aliphatic heterocycles. The number of likely N-dealkylation sites (N-methyl/N-ethyl adjacent to an activating group) is 1. The summed E-state index contributed by atoms with van der Waals surface area (Å²) in [5.41, 5.74) is 0.721. The molecule has 0 radical (unpaired) electrons. The third-order valence-corrected chi connectivity index (χ3v) is 1.65. The molecule has 1 aromatic rings. The van der Waals surface area contributed by atoms with E-state index >= 15 is 0 Å². The molecule has 0 unspecified atom stereocenters. The summed E-state index contributed by atoms with van der Waals surface area (Å²) in [5.74, 6) is 5.77. The van der Waals surface area contributed by atoms with Crippen molar-refractivity contribution in [3.05, 3.63) is 35.9 Å². The number of carbonyl (C=O) groups is 1. The largest absolute Gasteiger partial charge is 1.00 e. The predicted octanol–water partition coefficient (Wildman–Crippen LogP) is -2.18. The summed E-state index contributed by atoms with van der Waals surface area (Å²) in [6.45, 7) is 0.323. The summed E-state index contributed by atoms with van der Waals surface area (Å²) in [5, 5.41) is 0. The van der Waals surface area contributed by atoms with Gasteiger partial charge in [0.15, 0.2) is 6.54 Å². The summed E-state index contributed by atoms with van der Waals surface area (Å²) in [7, 11) is 3.58. The van der Waals surface area contributed by atoms with Gasteiger partial charge in [-0.25, -0.2) is 4.59 Å². The van der Waals surface area contributed by atoms with Gasteiger partial charge >= 0.3 is 0 Å². The minimum absolute atomic E-state index is 0. The van der Waals surface area contributed by atoms with Crippen molar-refractivity contribution in [3.63, 3.8) is 0 Å². The lowest BCUT2D eigenvalue weighted by Gasteiger charge is -2.20. The average molecular weight is 259 g/mol. The molecule has 1 rings (SSSR count). The monoisotopic (exact) mass is 258 g/mol. The highest BCUT2D eigenvalue weighted by Gasteiger charge is 2.16. The number of rotatable bonds is 3. The van der Waals surface area contributed by atoms with E-state index in [0.29, 0.717) is 6.54 Å². The zero-order valence-electron chi connectivity index (χ0n) is 8.40. The minimum atomic E-state index is 0. The van der Waals surface area contributed by atoms with E-state index in [1.54, 1.807) is 26.2 Å². The third-order valence-electron chi connectivity index (χ3n) is 1.65. The fourth-order valence-electron chi connectivity index (χ4n) is 1.09. The van der Waals surface area contributed by atoms with Gasteiger partial charge in [0.1, 0.15) is 0 Å². The second kappa shape index (κ2) is 5.24. The van der Waals surface area contributed by atoms with Crippen molar-refractivity contribution in [3.8, 4) is 0 Å². The normalized spacial score (nSPS) is 10.5. The van der Waals surface area contributed by atoms with E-state index in [-0.39, 0.29) is 27.4 Å². The second-order valence-corrected chi connectivity index (χ2v) is 3.73. The smallest absolute Gasteiger partial charge is 0.218 e. The van der Waals surface area contributed by atoms with E-state index in [2.05, 4.69) is 0 Å². The van der Waals surface area contributed by atoms with Gasteiger partial charge in [0.2, 0.25) is 5.78 Å². The van der Waals surface area contributed by atoms with Gasteiger partial charge in [-0.2, -0.15) is 5.84 Å². The number of carbonyl (C=O) groups excluding carboxylic acids is 1. The standard InChI is InChI=1S/C10H15N2O.BrH/c1-12(2,11)8-10(13)9-6-4-3-5-7-9;/h3-7H,8,11H2,1-2H3;1H/q+1;/p-1. The van der Waals surface area contributed by atoms with Crippen LogP contribution in [0.25, 0.3) is 0 Å². The van der Waals surface area contributed by atoms with Gasteiger partial charge in [-0.1, -0.05) is 30.3 Å². The van der Waals surface area contributed by atoms with Crippen LogP contribution in [0.2, 0.25) is 0 Å². The summed E-state index contributed by atoms with van der Waals surface area (Å²) in [6, 6.07) is 9.20. The van der Waals surface area contributed by atoms with Gasteiger partial charge in [-0.15, -0.1) is 0 Å². The highest BCUT2D eigenvalue weighted by molar-refractivity contribution is 5.96. The molecule has 2 N–H and O–H groups in total. The fraction of sp³-hybridized carbons (Fsp3) is 0.300.